The third kappa shape index (κ3) is 7.03. The van der Waals surface area contributed by atoms with E-state index in [-0.39, 0.29) is 18.0 Å². The lowest BCUT2D eigenvalue weighted by molar-refractivity contribution is -0.277. The van der Waals surface area contributed by atoms with Gasteiger partial charge in [-0.2, -0.15) is 0 Å². The molecule has 7 heteroatoms. The van der Waals surface area contributed by atoms with Gasteiger partial charge in [0, 0.05) is 19.4 Å². The molecule has 0 aromatic carbocycles. The minimum atomic E-state index is -0.554. The highest BCUT2D eigenvalue weighted by molar-refractivity contribution is 5.66. The summed E-state index contributed by atoms with van der Waals surface area (Å²) in [6, 6.07) is 0. The van der Waals surface area contributed by atoms with E-state index in [2.05, 4.69) is 20.8 Å². The maximum absolute atomic E-state index is 11.4. The average Bonchev–Trinajstić information content (AvgIpc) is 2.55. The number of esters is 1. The molecule has 1 aliphatic rings. The molecule has 1 rings (SSSR count). The summed E-state index contributed by atoms with van der Waals surface area (Å²) in [5.74, 6) is 0.151. The summed E-state index contributed by atoms with van der Waals surface area (Å²) in [5.41, 5.74) is 5.33. The van der Waals surface area contributed by atoms with Crippen LogP contribution in [0.2, 0.25) is 0 Å². The van der Waals surface area contributed by atoms with Crippen LogP contribution < -0.4 is 5.73 Å². The van der Waals surface area contributed by atoms with Gasteiger partial charge in [-0.25, -0.2) is 0 Å². The first-order chi connectivity index (χ1) is 11.5. The topological polar surface area (TPSA) is 89.2 Å². The van der Waals surface area contributed by atoms with Crippen molar-refractivity contribution in [3.05, 3.63) is 0 Å². The second-order valence-corrected chi connectivity index (χ2v) is 6.13. The molecule has 1 saturated heterocycles. The number of nitrogens with two attached hydrogens (primary N) is 1. The molecule has 5 unspecified atom stereocenters. The molecular weight excluding hydrogens is 314 g/mol. The van der Waals surface area contributed by atoms with Crippen LogP contribution in [-0.4, -0.2) is 64.0 Å². The van der Waals surface area contributed by atoms with E-state index < -0.39 is 12.4 Å². The van der Waals surface area contributed by atoms with Crippen molar-refractivity contribution in [3.8, 4) is 0 Å². The number of carbonyl (C=O) groups is 1. The minimum absolute atomic E-state index is 0.0994. The van der Waals surface area contributed by atoms with Crippen LogP contribution in [0.15, 0.2) is 0 Å². The molecule has 0 bridgehead atoms. The number of ether oxygens (including phenoxy) is 5. The van der Waals surface area contributed by atoms with E-state index in [0.29, 0.717) is 45.5 Å². The first-order valence-corrected chi connectivity index (χ1v) is 8.81. The smallest absolute Gasteiger partial charge is 0.303 e. The number of carbonyl (C=O) groups excluding carboxylic acids is 1. The molecule has 5 atom stereocenters. The van der Waals surface area contributed by atoms with Crippen molar-refractivity contribution in [2.45, 2.75) is 52.6 Å². The first kappa shape index (κ1) is 21.3. The van der Waals surface area contributed by atoms with Crippen LogP contribution in [0.4, 0.5) is 0 Å². The number of hydrogen-bond acceptors (Lipinski definition) is 7. The number of rotatable bonds is 11. The van der Waals surface area contributed by atoms with E-state index in [4.69, 9.17) is 29.4 Å². The Morgan fingerprint density at radius 1 is 1.04 bits per heavy atom. The highest BCUT2D eigenvalue weighted by Crippen LogP contribution is 2.34. The molecule has 0 spiro atoms. The van der Waals surface area contributed by atoms with Crippen molar-refractivity contribution >= 4 is 5.97 Å². The zero-order chi connectivity index (χ0) is 17.9. The third-order valence-electron chi connectivity index (χ3n) is 4.36. The highest BCUT2D eigenvalue weighted by atomic mass is 16.7. The van der Waals surface area contributed by atoms with Crippen LogP contribution in [0.25, 0.3) is 0 Å². The Morgan fingerprint density at radius 3 is 2.25 bits per heavy atom. The standard InChI is InChI=1S/C17H33NO6/c1-5-15-12(2)13(3)16(23-14(4)19)17(24-15)22-11-10-21-9-8-20-7-6-18/h12-13,15-17H,5-11,18H2,1-4H3. The Hall–Kier alpha value is -0.730. The summed E-state index contributed by atoms with van der Waals surface area (Å²) < 4.78 is 27.9. The molecule has 0 aliphatic carbocycles. The van der Waals surface area contributed by atoms with Crippen LogP contribution in [0.1, 0.15) is 34.1 Å². The summed E-state index contributed by atoms with van der Waals surface area (Å²) in [4.78, 5) is 11.4. The van der Waals surface area contributed by atoms with E-state index in [1.54, 1.807) is 0 Å². The quantitative estimate of drug-likeness (QED) is 0.445. The van der Waals surface area contributed by atoms with Gasteiger partial charge in [0.05, 0.1) is 39.1 Å². The maximum Gasteiger partial charge on any atom is 0.303 e. The molecular formula is C17H33NO6. The molecule has 0 aromatic rings. The lowest BCUT2D eigenvalue weighted by Crippen LogP contribution is -2.52. The largest absolute Gasteiger partial charge is 0.457 e. The van der Waals surface area contributed by atoms with Crippen molar-refractivity contribution in [2.24, 2.45) is 17.6 Å². The Morgan fingerprint density at radius 2 is 1.67 bits per heavy atom. The maximum atomic E-state index is 11.4. The molecule has 0 radical (unpaired) electrons. The van der Waals surface area contributed by atoms with Gasteiger partial charge in [-0.1, -0.05) is 20.8 Å². The summed E-state index contributed by atoms with van der Waals surface area (Å²) in [6.07, 6.45) is 0.0466. The second-order valence-electron chi connectivity index (χ2n) is 6.13. The van der Waals surface area contributed by atoms with Crippen molar-refractivity contribution < 1.29 is 28.5 Å². The SMILES string of the molecule is CCC1OC(OCCOCCOCCN)C(OC(C)=O)C(C)C1C. The predicted octanol–water partition coefficient (Wildman–Crippen LogP) is 1.33. The van der Waals surface area contributed by atoms with E-state index >= 15 is 0 Å². The molecule has 1 aliphatic heterocycles. The normalized spacial score (nSPS) is 30.3. The fourth-order valence-corrected chi connectivity index (χ4v) is 2.84. The molecule has 24 heavy (non-hydrogen) atoms. The van der Waals surface area contributed by atoms with Gasteiger partial charge in [-0.3, -0.25) is 4.79 Å². The molecule has 0 aromatic heterocycles. The van der Waals surface area contributed by atoms with Gasteiger partial charge in [-0.15, -0.1) is 0 Å². The van der Waals surface area contributed by atoms with Crippen molar-refractivity contribution in [1.29, 1.82) is 0 Å². The van der Waals surface area contributed by atoms with Gasteiger partial charge >= 0.3 is 5.97 Å². The van der Waals surface area contributed by atoms with Gasteiger partial charge in [0.1, 0.15) is 0 Å². The first-order valence-electron chi connectivity index (χ1n) is 8.81. The lowest BCUT2D eigenvalue weighted by Gasteiger charge is -2.43. The number of hydrogen-bond donors (Lipinski definition) is 1. The van der Waals surface area contributed by atoms with Crippen molar-refractivity contribution in [3.63, 3.8) is 0 Å². The van der Waals surface area contributed by atoms with Crippen molar-refractivity contribution in [1.82, 2.24) is 0 Å². The second kappa shape index (κ2) is 11.8. The van der Waals surface area contributed by atoms with Crippen LogP contribution in [0.5, 0.6) is 0 Å². The monoisotopic (exact) mass is 347 g/mol. The highest BCUT2D eigenvalue weighted by Gasteiger charge is 2.43. The molecule has 7 nitrogen and oxygen atoms in total. The van der Waals surface area contributed by atoms with Crippen LogP contribution in [-0.2, 0) is 28.5 Å². The molecule has 0 amide bonds. The Bertz CT molecular complexity index is 354. The molecule has 1 fully saturated rings. The zero-order valence-electron chi connectivity index (χ0n) is 15.4. The Labute approximate surface area is 145 Å². The van der Waals surface area contributed by atoms with Gasteiger partial charge < -0.3 is 29.4 Å². The van der Waals surface area contributed by atoms with Crippen LogP contribution in [0.3, 0.4) is 0 Å². The average molecular weight is 347 g/mol. The fourth-order valence-electron chi connectivity index (χ4n) is 2.84. The lowest BCUT2D eigenvalue weighted by atomic mass is 9.82. The molecule has 0 saturated carbocycles. The van der Waals surface area contributed by atoms with E-state index in [0.717, 1.165) is 6.42 Å². The summed E-state index contributed by atoms with van der Waals surface area (Å²) in [6.45, 7) is 10.5. The fraction of sp³-hybridized carbons (Fsp3) is 0.941. The van der Waals surface area contributed by atoms with E-state index in [1.807, 2.05) is 0 Å². The predicted molar refractivity (Wildman–Crippen MR) is 89.5 cm³/mol. The molecule has 2 N–H and O–H groups in total. The summed E-state index contributed by atoms with van der Waals surface area (Å²) >= 11 is 0. The van der Waals surface area contributed by atoms with Gasteiger partial charge in [0.2, 0.25) is 0 Å². The third-order valence-corrected chi connectivity index (χ3v) is 4.36. The molecule has 142 valence electrons. The molecule has 1 heterocycles. The zero-order valence-corrected chi connectivity index (χ0v) is 15.4. The summed E-state index contributed by atoms with van der Waals surface area (Å²) in [7, 11) is 0. The van der Waals surface area contributed by atoms with E-state index in [1.165, 1.54) is 6.92 Å². The summed E-state index contributed by atoms with van der Waals surface area (Å²) in [5, 5.41) is 0. The van der Waals surface area contributed by atoms with Crippen LogP contribution >= 0.6 is 0 Å². The van der Waals surface area contributed by atoms with Gasteiger partial charge in [0.15, 0.2) is 12.4 Å². The van der Waals surface area contributed by atoms with Gasteiger partial charge in [0.25, 0.3) is 0 Å². The Balaban J connectivity index is 2.39. The Kier molecular flexibility index (Phi) is 10.4. The van der Waals surface area contributed by atoms with Crippen LogP contribution in [0, 0.1) is 11.8 Å². The minimum Gasteiger partial charge on any atom is -0.457 e. The van der Waals surface area contributed by atoms with E-state index in [9.17, 15) is 4.79 Å². The van der Waals surface area contributed by atoms with Gasteiger partial charge in [-0.05, 0) is 12.3 Å². The van der Waals surface area contributed by atoms with Crippen molar-refractivity contribution in [2.75, 3.05) is 39.6 Å².